The van der Waals surface area contributed by atoms with Gasteiger partial charge in [0.2, 0.25) is 0 Å². The third-order valence-corrected chi connectivity index (χ3v) is 4.35. The molecule has 2 bridgehead atoms. The summed E-state index contributed by atoms with van der Waals surface area (Å²) in [5.41, 5.74) is 1.36. The molecule has 19 heavy (non-hydrogen) atoms. The summed E-state index contributed by atoms with van der Waals surface area (Å²) >= 11 is 0. The van der Waals surface area contributed by atoms with Gasteiger partial charge in [-0.15, -0.1) is 0 Å². The van der Waals surface area contributed by atoms with Crippen LogP contribution in [0.4, 0.5) is 0 Å². The molecule has 2 saturated heterocycles. The number of hydrogen-bond acceptors (Lipinski definition) is 3. The molecular weight excluding hydrogens is 236 g/mol. The van der Waals surface area contributed by atoms with E-state index >= 15 is 0 Å². The first kappa shape index (κ1) is 12.9. The molecule has 1 N–H and O–H groups in total. The van der Waals surface area contributed by atoms with E-state index in [4.69, 9.17) is 4.74 Å². The highest BCUT2D eigenvalue weighted by Gasteiger charge is 2.31. The fourth-order valence-electron chi connectivity index (χ4n) is 3.33. The lowest BCUT2D eigenvalue weighted by Crippen LogP contribution is -2.53. The molecule has 1 saturated carbocycles. The topological polar surface area (TPSA) is 34.1 Å². The van der Waals surface area contributed by atoms with Crippen LogP contribution in [0.2, 0.25) is 0 Å². The first-order valence-corrected chi connectivity index (χ1v) is 7.58. The third-order valence-electron chi connectivity index (χ3n) is 4.35. The molecule has 3 nitrogen and oxygen atoms in total. The van der Waals surface area contributed by atoms with Crippen LogP contribution in [0.5, 0.6) is 5.75 Å². The number of pyridine rings is 1. The van der Waals surface area contributed by atoms with Crippen LogP contribution < -0.4 is 10.1 Å². The molecule has 1 aromatic rings. The Bertz CT molecular complexity index is 415. The first-order valence-electron chi connectivity index (χ1n) is 7.58. The summed E-state index contributed by atoms with van der Waals surface area (Å²) in [7, 11) is 0. The van der Waals surface area contributed by atoms with Gasteiger partial charge >= 0.3 is 0 Å². The molecule has 104 valence electrons. The minimum atomic E-state index is 0.214. The van der Waals surface area contributed by atoms with Gasteiger partial charge in [0, 0.05) is 18.3 Å². The van der Waals surface area contributed by atoms with Gasteiger partial charge in [0.05, 0.1) is 12.3 Å². The summed E-state index contributed by atoms with van der Waals surface area (Å²) in [5.74, 6) is 1.58. The maximum atomic E-state index is 5.76. The Labute approximate surface area is 115 Å². The molecule has 3 heteroatoms. The van der Waals surface area contributed by atoms with Gasteiger partial charge in [0.15, 0.2) is 0 Å². The molecule has 3 fully saturated rings. The second-order valence-electron chi connectivity index (χ2n) is 6.27. The largest absolute Gasteiger partial charge is 0.489 e. The van der Waals surface area contributed by atoms with Gasteiger partial charge in [-0.2, -0.15) is 0 Å². The minimum Gasteiger partial charge on any atom is -0.489 e. The van der Waals surface area contributed by atoms with Gasteiger partial charge < -0.3 is 10.1 Å². The number of nitrogens with one attached hydrogen (secondary N) is 1. The second kappa shape index (κ2) is 5.49. The van der Waals surface area contributed by atoms with Crippen molar-refractivity contribution in [2.45, 2.75) is 70.1 Å². The van der Waals surface area contributed by atoms with Crippen molar-refractivity contribution < 1.29 is 4.74 Å². The van der Waals surface area contributed by atoms with Crippen LogP contribution in [0.3, 0.4) is 0 Å². The Balaban J connectivity index is 1.69. The SMILES string of the molecule is CC(C)Oc1cncc(C2CCC3CC(CC2)N3)c1. The number of hydrogen-bond donors (Lipinski definition) is 1. The third kappa shape index (κ3) is 3.08. The van der Waals surface area contributed by atoms with Crippen molar-refractivity contribution in [3.05, 3.63) is 24.0 Å². The van der Waals surface area contributed by atoms with Crippen molar-refractivity contribution in [3.8, 4) is 5.75 Å². The Morgan fingerprint density at radius 1 is 1.16 bits per heavy atom. The monoisotopic (exact) mass is 260 g/mol. The molecule has 1 aliphatic carbocycles. The van der Waals surface area contributed by atoms with Gasteiger partial charge in [-0.3, -0.25) is 4.98 Å². The highest BCUT2D eigenvalue weighted by atomic mass is 16.5. The molecule has 4 rings (SSSR count). The van der Waals surface area contributed by atoms with Crippen LogP contribution in [0.25, 0.3) is 0 Å². The van der Waals surface area contributed by atoms with Crippen molar-refractivity contribution in [1.29, 1.82) is 0 Å². The molecule has 0 amide bonds. The van der Waals surface area contributed by atoms with Crippen molar-refractivity contribution >= 4 is 0 Å². The van der Waals surface area contributed by atoms with E-state index in [1.165, 1.54) is 37.7 Å². The van der Waals surface area contributed by atoms with Crippen molar-refractivity contribution in [2.75, 3.05) is 0 Å². The maximum Gasteiger partial charge on any atom is 0.138 e. The Morgan fingerprint density at radius 3 is 2.47 bits per heavy atom. The lowest BCUT2D eigenvalue weighted by Gasteiger charge is -2.41. The molecule has 2 aliphatic heterocycles. The summed E-state index contributed by atoms with van der Waals surface area (Å²) < 4.78 is 5.76. The summed E-state index contributed by atoms with van der Waals surface area (Å²) in [4.78, 5) is 4.36. The second-order valence-corrected chi connectivity index (χ2v) is 6.27. The molecule has 0 spiro atoms. The average Bonchev–Trinajstić information content (AvgIpc) is 2.25. The Hall–Kier alpha value is -1.09. The number of nitrogens with zero attached hydrogens (tertiary/aromatic N) is 1. The number of fused-ring (bicyclic) bond motifs is 4. The van der Waals surface area contributed by atoms with Crippen LogP contribution in [0, 0.1) is 0 Å². The fraction of sp³-hybridized carbons (Fsp3) is 0.688. The minimum absolute atomic E-state index is 0.214. The normalized spacial score (nSPS) is 30.4. The van der Waals surface area contributed by atoms with E-state index < -0.39 is 0 Å². The van der Waals surface area contributed by atoms with E-state index in [-0.39, 0.29) is 6.10 Å². The van der Waals surface area contributed by atoms with Gasteiger partial charge in [-0.05, 0) is 63.5 Å². The zero-order valence-electron chi connectivity index (χ0n) is 11.9. The van der Waals surface area contributed by atoms with E-state index in [9.17, 15) is 0 Å². The maximum absolute atomic E-state index is 5.76. The van der Waals surface area contributed by atoms with Crippen LogP contribution in [-0.2, 0) is 0 Å². The Morgan fingerprint density at radius 2 is 1.84 bits per heavy atom. The van der Waals surface area contributed by atoms with Gasteiger partial charge in [-0.25, -0.2) is 0 Å². The van der Waals surface area contributed by atoms with E-state index in [1.54, 1.807) is 0 Å². The van der Waals surface area contributed by atoms with Crippen LogP contribution in [-0.4, -0.2) is 23.2 Å². The zero-order valence-corrected chi connectivity index (χ0v) is 11.9. The summed E-state index contributed by atoms with van der Waals surface area (Å²) in [6.07, 6.45) is 10.6. The molecule has 0 aromatic carbocycles. The lowest BCUT2D eigenvalue weighted by atomic mass is 9.79. The van der Waals surface area contributed by atoms with Crippen molar-refractivity contribution in [2.24, 2.45) is 0 Å². The highest BCUT2D eigenvalue weighted by Crippen LogP contribution is 2.35. The van der Waals surface area contributed by atoms with Gasteiger partial charge in [-0.1, -0.05) is 0 Å². The molecule has 1 aromatic heterocycles. The van der Waals surface area contributed by atoms with Crippen LogP contribution >= 0.6 is 0 Å². The van der Waals surface area contributed by atoms with Gasteiger partial charge in [0.1, 0.15) is 5.75 Å². The van der Waals surface area contributed by atoms with Crippen molar-refractivity contribution in [1.82, 2.24) is 10.3 Å². The lowest BCUT2D eigenvalue weighted by molar-refractivity contribution is 0.201. The summed E-state index contributed by atoms with van der Waals surface area (Å²) in [6.45, 7) is 4.11. The zero-order chi connectivity index (χ0) is 13.2. The first-order chi connectivity index (χ1) is 9.20. The number of ether oxygens (including phenoxy) is 1. The predicted molar refractivity (Wildman–Crippen MR) is 76.5 cm³/mol. The fourth-order valence-corrected chi connectivity index (χ4v) is 3.33. The van der Waals surface area contributed by atoms with Crippen LogP contribution in [0.1, 0.15) is 57.4 Å². The standard InChI is InChI=1S/C16H24N2O/c1-11(2)19-16-7-13(9-17-10-16)12-3-5-14-8-15(18-14)6-4-12/h7,9-12,14-15,18H,3-6,8H2,1-2H3. The molecule has 2 atom stereocenters. The summed E-state index contributed by atoms with van der Waals surface area (Å²) in [5, 5.41) is 3.65. The quantitative estimate of drug-likeness (QED) is 0.905. The Kier molecular flexibility index (Phi) is 3.74. The molecular formula is C16H24N2O. The molecule has 3 heterocycles. The highest BCUT2D eigenvalue weighted by molar-refractivity contribution is 5.27. The smallest absolute Gasteiger partial charge is 0.138 e. The molecule has 3 aliphatic rings. The number of aromatic nitrogens is 1. The van der Waals surface area contributed by atoms with E-state index in [1.807, 2.05) is 12.4 Å². The van der Waals surface area contributed by atoms with Crippen LogP contribution in [0.15, 0.2) is 18.5 Å². The average molecular weight is 260 g/mol. The number of rotatable bonds is 3. The summed E-state index contributed by atoms with van der Waals surface area (Å²) in [6, 6.07) is 3.74. The molecule has 0 radical (unpaired) electrons. The van der Waals surface area contributed by atoms with E-state index in [0.717, 1.165) is 17.8 Å². The predicted octanol–water partition coefficient (Wildman–Crippen LogP) is 3.26. The van der Waals surface area contributed by atoms with Gasteiger partial charge in [0.25, 0.3) is 0 Å². The van der Waals surface area contributed by atoms with E-state index in [2.05, 4.69) is 30.2 Å². The van der Waals surface area contributed by atoms with E-state index in [0.29, 0.717) is 5.92 Å². The molecule has 2 unspecified atom stereocenters. The van der Waals surface area contributed by atoms with Crippen molar-refractivity contribution in [3.63, 3.8) is 0 Å².